The molecule has 3 N–H and O–H groups in total. The molecule has 116 valence electrons. The van der Waals surface area contributed by atoms with Crippen LogP contribution >= 0.6 is 0 Å². The zero-order chi connectivity index (χ0) is 14.6. The van der Waals surface area contributed by atoms with Gasteiger partial charge in [-0.3, -0.25) is 4.79 Å². The van der Waals surface area contributed by atoms with Crippen LogP contribution in [0, 0.1) is 5.92 Å². The summed E-state index contributed by atoms with van der Waals surface area (Å²) in [6.45, 7) is 0.780. The Balaban J connectivity index is 1.90. The van der Waals surface area contributed by atoms with Gasteiger partial charge in [0.25, 0.3) is 0 Å². The summed E-state index contributed by atoms with van der Waals surface area (Å²) in [5.41, 5.74) is 6.27. The van der Waals surface area contributed by atoms with Crippen LogP contribution in [0.25, 0.3) is 0 Å². The standard InChI is InChI=1S/C16H31N3O/c1-19(2)16(10-6-3-7-11-16)12-18-15(20)13-8-4-5-9-14(13)17/h13-14H,3-12,17H2,1-2H3,(H,18,20). The van der Waals surface area contributed by atoms with Gasteiger partial charge in [0, 0.05) is 18.1 Å². The average Bonchev–Trinajstić information content (AvgIpc) is 2.46. The van der Waals surface area contributed by atoms with Gasteiger partial charge in [0.1, 0.15) is 0 Å². The van der Waals surface area contributed by atoms with Crippen LogP contribution in [0.1, 0.15) is 57.8 Å². The molecule has 2 aliphatic rings. The molecule has 4 heteroatoms. The largest absolute Gasteiger partial charge is 0.354 e. The first kappa shape index (κ1) is 15.8. The van der Waals surface area contributed by atoms with Crippen LogP contribution in [-0.2, 0) is 4.79 Å². The summed E-state index contributed by atoms with van der Waals surface area (Å²) < 4.78 is 0. The number of nitrogens with two attached hydrogens (primary N) is 1. The van der Waals surface area contributed by atoms with Gasteiger partial charge in [-0.1, -0.05) is 32.1 Å². The maximum Gasteiger partial charge on any atom is 0.224 e. The van der Waals surface area contributed by atoms with Crippen LogP contribution < -0.4 is 11.1 Å². The molecule has 2 atom stereocenters. The molecule has 4 nitrogen and oxygen atoms in total. The van der Waals surface area contributed by atoms with E-state index in [0.717, 1.165) is 25.8 Å². The Bertz CT molecular complexity index is 324. The molecule has 0 aromatic rings. The molecule has 2 saturated carbocycles. The second kappa shape index (κ2) is 6.90. The molecule has 0 saturated heterocycles. The Morgan fingerprint density at radius 1 is 1.15 bits per heavy atom. The van der Waals surface area contributed by atoms with Crippen LogP contribution in [0.5, 0.6) is 0 Å². The Kier molecular flexibility index (Phi) is 5.44. The zero-order valence-electron chi connectivity index (χ0n) is 13.2. The fourth-order valence-corrected chi connectivity index (χ4v) is 3.86. The summed E-state index contributed by atoms with van der Waals surface area (Å²) in [6.07, 6.45) is 10.5. The minimum absolute atomic E-state index is 0.0338. The van der Waals surface area contributed by atoms with Crippen molar-refractivity contribution in [2.75, 3.05) is 20.6 Å². The Hall–Kier alpha value is -0.610. The van der Waals surface area contributed by atoms with Crippen LogP contribution in [0.2, 0.25) is 0 Å². The minimum atomic E-state index is 0.0338. The number of nitrogens with one attached hydrogen (secondary N) is 1. The first-order valence-electron chi connectivity index (χ1n) is 8.26. The Morgan fingerprint density at radius 3 is 2.40 bits per heavy atom. The second-order valence-corrected chi connectivity index (χ2v) is 6.95. The summed E-state index contributed by atoms with van der Waals surface area (Å²) in [6, 6.07) is 0.0606. The highest BCUT2D eigenvalue weighted by Gasteiger charge is 2.36. The monoisotopic (exact) mass is 281 g/mol. The second-order valence-electron chi connectivity index (χ2n) is 6.95. The van der Waals surface area contributed by atoms with Crippen molar-refractivity contribution in [3.8, 4) is 0 Å². The predicted molar refractivity (Wildman–Crippen MR) is 82.4 cm³/mol. The molecule has 0 spiro atoms. The van der Waals surface area contributed by atoms with E-state index >= 15 is 0 Å². The lowest BCUT2D eigenvalue weighted by Gasteiger charge is -2.43. The molecular weight excluding hydrogens is 250 g/mol. The molecule has 0 heterocycles. The number of nitrogens with zero attached hydrogens (tertiary/aromatic N) is 1. The highest BCUT2D eigenvalue weighted by atomic mass is 16.1. The Labute approximate surface area is 123 Å². The highest BCUT2D eigenvalue weighted by molar-refractivity contribution is 5.79. The number of carbonyl (C=O) groups excluding carboxylic acids is 1. The summed E-state index contributed by atoms with van der Waals surface area (Å²) in [4.78, 5) is 14.7. The van der Waals surface area contributed by atoms with E-state index in [1.165, 1.54) is 38.5 Å². The third-order valence-corrected chi connectivity index (χ3v) is 5.48. The van der Waals surface area contributed by atoms with E-state index < -0.39 is 0 Å². The maximum atomic E-state index is 12.4. The molecule has 2 unspecified atom stereocenters. The molecule has 0 aliphatic heterocycles. The molecule has 0 bridgehead atoms. The van der Waals surface area contributed by atoms with Gasteiger partial charge in [-0.2, -0.15) is 0 Å². The minimum Gasteiger partial charge on any atom is -0.354 e. The first-order chi connectivity index (χ1) is 9.55. The molecule has 2 rings (SSSR count). The van der Waals surface area contributed by atoms with E-state index in [0.29, 0.717) is 0 Å². The molecule has 0 radical (unpaired) electrons. The van der Waals surface area contributed by atoms with Crippen molar-refractivity contribution in [3.05, 3.63) is 0 Å². The van der Waals surface area contributed by atoms with Crippen LogP contribution in [0.3, 0.4) is 0 Å². The fraction of sp³-hybridized carbons (Fsp3) is 0.938. The Morgan fingerprint density at radius 2 is 1.80 bits per heavy atom. The number of hydrogen-bond donors (Lipinski definition) is 2. The van der Waals surface area contributed by atoms with E-state index in [9.17, 15) is 4.79 Å². The van der Waals surface area contributed by atoms with Crippen molar-refractivity contribution in [1.29, 1.82) is 0 Å². The van der Waals surface area contributed by atoms with Gasteiger partial charge >= 0.3 is 0 Å². The van der Waals surface area contributed by atoms with Crippen LogP contribution in [0.4, 0.5) is 0 Å². The predicted octanol–water partition coefficient (Wildman–Crippen LogP) is 1.88. The smallest absolute Gasteiger partial charge is 0.224 e. The topological polar surface area (TPSA) is 58.4 Å². The summed E-state index contributed by atoms with van der Waals surface area (Å²) in [5.74, 6) is 0.218. The molecular formula is C16H31N3O. The number of hydrogen-bond acceptors (Lipinski definition) is 3. The van der Waals surface area contributed by atoms with E-state index in [1.54, 1.807) is 0 Å². The van der Waals surface area contributed by atoms with E-state index in [-0.39, 0.29) is 23.4 Å². The van der Waals surface area contributed by atoms with Gasteiger partial charge < -0.3 is 16.0 Å². The average molecular weight is 281 g/mol. The third-order valence-electron chi connectivity index (χ3n) is 5.48. The quantitative estimate of drug-likeness (QED) is 0.827. The molecule has 2 aliphatic carbocycles. The third kappa shape index (κ3) is 3.53. The van der Waals surface area contributed by atoms with E-state index in [1.807, 2.05) is 0 Å². The van der Waals surface area contributed by atoms with E-state index in [2.05, 4.69) is 24.3 Å². The lowest BCUT2D eigenvalue weighted by Crippen LogP contribution is -2.55. The van der Waals surface area contributed by atoms with Crippen molar-refractivity contribution in [2.45, 2.75) is 69.4 Å². The van der Waals surface area contributed by atoms with Gasteiger partial charge in [0.15, 0.2) is 0 Å². The maximum absolute atomic E-state index is 12.4. The van der Waals surface area contributed by atoms with Gasteiger partial charge in [-0.05, 0) is 39.8 Å². The lowest BCUT2D eigenvalue weighted by molar-refractivity contribution is -0.127. The van der Waals surface area contributed by atoms with Crippen LogP contribution in [0.15, 0.2) is 0 Å². The summed E-state index contributed by atoms with van der Waals surface area (Å²) in [7, 11) is 4.29. The number of likely N-dealkylation sites (N-methyl/N-ethyl adjacent to an activating group) is 1. The normalized spacial score (nSPS) is 30.2. The van der Waals surface area contributed by atoms with Crippen molar-refractivity contribution in [2.24, 2.45) is 11.7 Å². The van der Waals surface area contributed by atoms with Gasteiger partial charge in [-0.15, -0.1) is 0 Å². The van der Waals surface area contributed by atoms with Crippen LogP contribution in [-0.4, -0.2) is 43.0 Å². The zero-order valence-corrected chi connectivity index (χ0v) is 13.2. The first-order valence-corrected chi connectivity index (χ1v) is 8.26. The number of amides is 1. The van der Waals surface area contributed by atoms with Gasteiger partial charge in [0.05, 0.1) is 5.92 Å². The summed E-state index contributed by atoms with van der Waals surface area (Å²) in [5, 5.41) is 3.21. The van der Waals surface area contributed by atoms with Crippen molar-refractivity contribution >= 4 is 5.91 Å². The SMILES string of the molecule is CN(C)C1(CNC(=O)C2CCCCC2N)CCCCC1. The van der Waals surface area contributed by atoms with Crippen molar-refractivity contribution in [3.63, 3.8) is 0 Å². The number of rotatable bonds is 4. The molecule has 2 fully saturated rings. The molecule has 20 heavy (non-hydrogen) atoms. The molecule has 0 aromatic carbocycles. The lowest BCUT2D eigenvalue weighted by atomic mass is 9.80. The highest BCUT2D eigenvalue weighted by Crippen LogP contribution is 2.32. The molecule has 1 amide bonds. The van der Waals surface area contributed by atoms with Crippen molar-refractivity contribution in [1.82, 2.24) is 10.2 Å². The fourth-order valence-electron chi connectivity index (χ4n) is 3.86. The van der Waals surface area contributed by atoms with Gasteiger partial charge in [0.2, 0.25) is 5.91 Å². The van der Waals surface area contributed by atoms with Gasteiger partial charge in [-0.25, -0.2) is 0 Å². The van der Waals surface area contributed by atoms with Crippen molar-refractivity contribution < 1.29 is 4.79 Å². The molecule has 0 aromatic heterocycles. The van der Waals surface area contributed by atoms with E-state index in [4.69, 9.17) is 5.73 Å². The number of carbonyl (C=O) groups is 1. The summed E-state index contributed by atoms with van der Waals surface area (Å²) >= 11 is 0.